The Hall–Kier alpha value is -5.11. The zero-order valence-corrected chi connectivity index (χ0v) is 40.1. The molecule has 2 aliphatic carbocycles. The van der Waals surface area contributed by atoms with E-state index in [1.54, 1.807) is 0 Å². The molecule has 4 atom stereocenters. The summed E-state index contributed by atoms with van der Waals surface area (Å²) in [6.45, 7) is 10.5. The molecule has 2 fully saturated rings. The Morgan fingerprint density at radius 3 is 1.53 bits per heavy atom. The predicted octanol–water partition coefficient (Wildman–Crippen LogP) is 9.42. The van der Waals surface area contributed by atoms with Crippen LogP contribution in [0.4, 0.5) is 23.2 Å². The number of amides is 1. The number of hydrogen-bond donors (Lipinski definition) is 6. The van der Waals surface area contributed by atoms with Crippen LogP contribution in [-0.2, 0) is 48.0 Å². The van der Waals surface area contributed by atoms with Crippen LogP contribution in [0.5, 0.6) is 0 Å². The molecule has 366 valence electrons. The van der Waals surface area contributed by atoms with E-state index in [1.807, 2.05) is 29.2 Å². The normalized spacial score (nSPS) is 16.2. The van der Waals surface area contributed by atoms with Gasteiger partial charge in [-0.25, -0.2) is 17.6 Å². The van der Waals surface area contributed by atoms with Crippen LogP contribution in [0.25, 0.3) is 0 Å². The van der Waals surface area contributed by atoms with Crippen LogP contribution < -0.4 is 21.7 Å². The smallest absolute Gasteiger partial charge is 0.226 e. The Morgan fingerprint density at radius 2 is 1.06 bits per heavy atom. The number of halogens is 4. The van der Waals surface area contributed by atoms with Gasteiger partial charge in [-0.1, -0.05) is 88.4 Å². The van der Waals surface area contributed by atoms with Crippen molar-refractivity contribution in [2.45, 2.75) is 134 Å². The van der Waals surface area contributed by atoms with E-state index in [2.05, 4.69) is 92.2 Å². The van der Waals surface area contributed by atoms with Crippen LogP contribution >= 0.6 is 0 Å². The number of hydrogen-bond acceptors (Lipinski definition) is 7. The topological polar surface area (TPSA) is 123 Å². The van der Waals surface area contributed by atoms with Crippen molar-refractivity contribution in [1.82, 2.24) is 15.5 Å². The summed E-state index contributed by atoms with van der Waals surface area (Å²) in [4.78, 5) is 14.9. The molecule has 0 radical (unpaired) electrons. The number of carbonyl (C=O) groups is 1. The minimum Gasteiger partial charge on any atom is -0.390 e. The van der Waals surface area contributed by atoms with E-state index in [9.17, 15) is 32.6 Å². The van der Waals surface area contributed by atoms with Gasteiger partial charge in [-0.15, -0.1) is 0 Å². The molecule has 1 amide bonds. The summed E-state index contributed by atoms with van der Waals surface area (Å²) in [6.07, 6.45) is 6.88. The van der Waals surface area contributed by atoms with Crippen molar-refractivity contribution in [2.75, 3.05) is 31.5 Å². The molecule has 7 N–H and O–H groups in total. The second kappa shape index (κ2) is 24.4. The van der Waals surface area contributed by atoms with Crippen LogP contribution in [0, 0.1) is 23.3 Å². The number of benzene rings is 5. The standard InChI is InChI=1S/C35H45F2N3O2.C21H26F2N2O/c1-4-15-40(16-5-2)34(42)22-26-10-8-12-31(20-26)39-32(21-27-18-29(36)23-30(37)19-27)33(41)24-38-35(13-14-35)28-11-7-9-25(6-3)17-28;1-2-14-4-3-5-16(8-14)21(6-7-21)25-13-20(26)19(24)11-15-9-17(22)12-18(23)10-15/h7-12,17-20,23,32-33,38-39,41H,4-6,13-16,21-22,24H2,1-3H3;3-5,8-10,12,19-20,25-26H,2,6-7,11,13,24H2,1H3/t32-,33+;19-,20+/m00/s1. The van der Waals surface area contributed by atoms with Gasteiger partial charge in [0.2, 0.25) is 5.91 Å². The highest BCUT2D eigenvalue weighted by Gasteiger charge is 2.45. The van der Waals surface area contributed by atoms with Gasteiger partial charge in [-0.2, -0.15) is 0 Å². The minimum atomic E-state index is -0.849. The third-order valence-electron chi connectivity index (χ3n) is 13.3. The molecule has 12 heteroatoms. The van der Waals surface area contributed by atoms with Crippen LogP contribution in [0.2, 0.25) is 0 Å². The molecular weight excluding hydrogens is 867 g/mol. The number of anilines is 1. The molecule has 0 aromatic heterocycles. The molecule has 8 nitrogen and oxygen atoms in total. The van der Waals surface area contributed by atoms with Gasteiger partial charge in [-0.05, 0) is 140 Å². The van der Waals surface area contributed by atoms with Crippen LogP contribution in [0.3, 0.4) is 0 Å². The predicted molar refractivity (Wildman–Crippen MR) is 264 cm³/mol. The third kappa shape index (κ3) is 14.9. The summed E-state index contributed by atoms with van der Waals surface area (Å²) in [6, 6.07) is 30.4. The van der Waals surface area contributed by atoms with Crippen LogP contribution in [0.1, 0.15) is 105 Å². The highest BCUT2D eigenvalue weighted by molar-refractivity contribution is 5.79. The van der Waals surface area contributed by atoms with Gasteiger partial charge in [0.25, 0.3) is 0 Å². The molecule has 7 rings (SSSR count). The van der Waals surface area contributed by atoms with Crippen molar-refractivity contribution < 1.29 is 32.6 Å². The number of nitrogens with zero attached hydrogens (tertiary/aromatic N) is 1. The molecule has 2 aliphatic rings. The SMILES string of the molecule is CCCN(CCC)C(=O)Cc1cccc(N[C@@H](Cc2cc(F)cc(F)c2)[C@H](O)CNC2(c3cccc(CC)c3)CC2)c1.CCc1cccc(C2(NC[C@@H](O)[C@@H](N)Cc3cc(F)cc(F)c3)CC2)c1. The van der Waals surface area contributed by atoms with E-state index in [4.69, 9.17) is 5.73 Å². The number of aryl methyl sites for hydroxylation is 2. The zero-order valence-electron chi connectivity index (χ0n) is 40.1. The van der Waals surface area contributed by atoms with Crippen molar-refractivity contribution in [3.8, 4) is 0 Å². The molecule has 0 unspecified atom stereocenters. The molecule has 0 bridgehead atoms. The molecule has 5 aromatic carbocycles. The lowest BCUT2D eigenvalue weighted by Crippen LogP contribution is -2.45. The highest BCUT2D eigenvalue weighted by atomic mass is 19.1. The fourth-order valence-electron chi connectivity index (χ4n) is 9.03. The highest BCUT2D eigenvalue weighted by Crippen LogP contribution is 2.46. The maximum absolute atomic E-state index is 14.0. The first-order chi connectivity index (χ1) is 32.7. The molecule has 0 aliphatic heterocycles. The first kappa shape index (κ1) is 52.3. The van der Waals surface area contributed by atoms with Crippen molar-refractivity contribution in [3.63, 3.8) is 0 Å². The zero-order chi connectivity index (χ0) is 48.8. The van der Waals surface area contributed by atoms with Gasteiger partial charge < -0.3 is 36.8 Å². The average molecular weight is 938 g/mol. The number of aliphatic hydroxyl groups excluding tert-OH is 2. The van der Waals surface area contributed by atoms with E-state index < -0.39 is 47.6 Å². The van der Waals surface area contributed by atoms with E-state index in [1.165, 1.54) is 46.5 Å². The molecule has 0 spiro atoms. The first-order valence-corrected chi connectivity index (χ1v) is 24.5. The van der Waals surface area contributed by atoms with Crippen molar-refractivity contribution in [2.24, 2.45) is 5.73 Å². The Balaban J connectivity index is 0.000000250. The number of carbonyl (C=O) groups excluding carboxylic acids is 1. The summed E-state index contributed by atoms with van der Waals surface area (Å²) >= 11 is 0. The molecule has 5 aromatic rings. The van der Waals surface area contributed by atoms with Crippen molar-refractivity contribution in [3.05, 3.63) is 171 Å². The monoisotopic (exact) mass is 938 g/mol. The van der Waals surface area contributed by atoms with Gasteiger partial charge in [0.15, 0.2) is 0 Å². The lowest BCUT2D eigenvalue weighted by molar-refractivity contribution is -0.130. The number of nitrogens with two attached hydrogens (primary N) is 1. The van der Waals surface area contributed by atoms with E-state index >= 15 is 0 Å². The number of rotatable bonds is 24. The Labute approximate surface area is 400 Å². The van der Waals surface area contributed by atoms with Gasteiger partial charge in [0.05, 0.1) is 24.7 Å². The van der Waals surface area contributed by atoms with Crippen molar-refractivity contribution >= 4 is 11.6 Å². The minimum absolute atomic E-state index is 0.0865. The average Bonchev–Trinajstić information content (AvgIpc) is 4.26. The van der Waals surface area contributed by atoms with Gasteiger partial charge in [-0.3, -0.25) is 4.79 Å². The molecule has 68 heavy (non-hydrogen) atoms. The summed E-state index contributed by atoms with van der Waals surface area (Å²) in [5.41, 5.74) is 13.4. The molecule has 2 saturated carbocycles. The summed E-state index contributed by atoms with van der Waals surface area (Å²) < 4.78 is 54.7. The molecular formula is C56H71F4N5O3. The van der Waals surface area contributed by atoms with E-state index in [-0.39, 0.29) is 29.8 Å². The van der Waals surface area contributed by atoms with Gasteiger partial charge >= 0.3 is 0 Å². The van der Waals surface area contributed by atoms with E-state index in [0.29, 0.717) is 30.6 Å². The van der Waals surface area contributed by atoms with Crippen LogP contribution in [-0.4, -0.2) is 71.5 Å². The number of aliphatic hydroxyl groups is 2. The third-order valence-corrected chi connectivity index (χ3v) is 13.3. The second-order valence-corrected chi connectivity index (χ2v) is 18.8. The maximum Gasteiger partial charge on any atom is 0.226 e. The largest absolute Gasteiger partial charge is 0.390 e. The fraction of sp³-hybridized carbons (Fsp3) is 0.446. The first-order valence-electron chi connectivity index (χ1n) is 24.5. The maximum atomic E-state index is 14.0. The van der Waals surface area contributed by atoms with Crippen molar-refractivity contribution in [1.29, 1.82) is 0 Å². The lowest BCUT2D eigenvalue weighted by Gasteiger charge is -2.28. The van der Waals surface area contributed by atoms with Crippen LogP contribution in [0.15, 0.2) is 109 Å². The van der Waals surface area contributed by atoms with Gasteiger partial charge in [0.1, 0.15) is 23.3 Å². The second-order valence-electron chi connectivity index (χ2n) is 18.8. The molecule has 0 saturated heterocycles. The van der Waals surface area contributed by atoms with E-state index in [0.717, 1.165) is 87.8 Å². The Kier molecular flexibility index (Phi) is 18.8. The summed E-state index contributed by atoms with van der Waals surface area (Å²) in [5.74, 6) is -2.46. The lowest BCUT2D eigenvalue weighted by atomic mass is 9.98. The van der Waals surface area contributed by atoms with Gasteiger partial charge in [0, 0.05) is 61.1 Å². The molecule has 0 heterocycles. The summed E-state index contributed by atoms with van der Waals surface area (Å²) in [5, 5.41) is 32.3. The quantitative estimate of drug-likeness (QED) is 0.0341. The fourth-order valence-corrected chi connectivity index (χ4v) is 9.03. The Bertz CT molecular complexity index is 2360. The summed E-state index contributed by atoms with van der Waals surface area (Å²) in [7, 11) is 0. The Morgan fingerprint density at radius 1 is 0.603 bits per heavy atom. The number of nitrogens with one attached hydrogen (secondary N) is 3.